The number of carbonyl (C=O) groups is 1. The van der Waals surface area contributed by atoms with Crippen LogP contribution >= 0.6 is 11.6 Å². The quantitative estimate of drug-likeness (QED) is 0.243. The van der Waals surface area contributed by atoms with Crippen molar-refractivity contribution in [2.75, 3.05) is 24.8 Å². The van der Waals surface area contributed by atoms with E-state index in [9.17, 15) is 9.90 Å². The molecule has 0 spiro atoms. The molecule has 5 rings (SSSR count). The van der Waals surface area contributed by atoms with E-state index in [-0.39, 0.29) is 12.6 Å². The first kappa shape index (κ1) is 26.4. The molecule has 0 saturated heterocycles. The molecule has 1 saturated carbocycles. The third-order valence-corrected chi connectivity index (χ3v) is 6.94. The van der Waals surface area contributed by atoms with Crippen LogP contribution < -0.4 is 20.5 Å². The van der Waals surface area contributed by atoms with Crippen molar-refractivity contribution in [3.8, 4) is 22.8 Å². The van der Waals surface area contributed by atoms with Crippen LogP contribution in [0, 0.1) is 0 Å². The number of pyridine rings is 1. The topological polar surface area (TPSA) is 140 Å². The number of rotatable bonds is 8. The molecule has 0 atom stereocenters. The van der Waals surface area contributed by atoms with E-state index in [2.05, 4.69) is 20.4 Å². The molecule has 3 heterocycles. The molecule has 1 aromatic carbocycles. The highest BCUT2D eigenvalue weighted by Crippen LogP contribution is 2.46. The Morgan fingerprint density at radius 2 is 2.03 bits per heavy atom. The minimum Gasteiger partial charge on any atom is -0.494 e. The summed E-state index contributed by atoms with van der Waals surface area (Å²) in [5, 5.41) is 17.7. The van der Waals surface area contributed by atoms with Crippen molar-refractivity contribution < 1.29 is 19.4 Å². The Bertz CT molecular complexity index is 1550. The Hall–Kier alpha value is -4.25. The Balaban J connectivity index is 1.39. The number of hydrogen-bond donors (Lipinski definition) is 3. The van der Waals surface area contributed by atoms with E-state index in [0.29, 0.717) is 33.6 Å². The Morgan fingerprint density at radius 1 is 1.26 bits per heavy atom. The minimum atomic E-state index is -0.972. The Labute approximate surface area is 230 Å². The van der Waals surface area contributed by atoms with Crippen molar-refractivity contribution in [2.45, 2.75) is 44.7 Å². The van der Waals surface area contributed by atoms with Gasteiger partial charge in [0.05, 0.1) is 52.7 Å². The predicted molar refractivity (Wildman–Crippen MR) is 149 cm³/mol. The number of hydrogen-bond acceptors (Lipinski definition) is 8. The predicted octanol–water partition coefficient (Wildman–Crippen LogP) is 5.47. The third kappa shape index (κ3) is 5.09. The number of halogens is 1. The zero-order chi connectivity index (χ0) is 27.9. The van der Waals surface area contributed by atoms with Gasteiger partial charge in [-0.15, -0.1) is 0 Å². The number of aromatic nitrogens is 4. The summed E-state index contributed by atoms with van der Waals surface area (Å²) in [7, 11) is 1.53. The smallest absolute Gasteiger partial charge is 0.408 e. The van der Waals surface area contributed by atoms with E-state index in [1.807, 2.05) is 45.2 Å². The van der Waals surface area contributed by atoms with Crippen LogP contribution in [0.3, 0.4) is 0 Å². The second kappa shape index (κ2) is 9.81. The summed E-state index contributed by atoms with van der Waals surface area (Å²) in [6.45, 7) is 5.80. The summed E-state index contributed by atoms with van der Waals surface area (Å²) in [4.78, 5) is 22.4. The van der Waals surface area contributed by atoms with Gasteiger partial charge in [-0.25, -0.2) is 19.3 Å². The molecule has 39 heavy (non-hydrogen) atoms. The van der Waals surface area contributed by atoms with Gasteiger partial charge in [0.1, 0.15) is 18.1 Å². The number of methoxy groups -OCH3 is 1. The van der Waals surface area contributed by atoms with Crippen LogP contribution in [0.4, 0.5) is 22.1 Å². The average Bonchev–Trinajstić information content (AvgIpc) is 3.51. The fraction of sp³-hybridized carbons (Fsp3) is 0.333. The molecule has 1 aliphatic carbocycles. The van der Waals surface area contributed by atoms with E-state index in [1.54, 1.807) is 22.8 Å². The zero-order valence-electron chi connectivity index (χ0n) is 22.1. The lowest BCUT2D eigenvalue weighted by atomic mass is 10.0. The SMILES string of the molecule is COc1cc(OCC2(N(C(=O)O)C(C)(C)C)CC2)c(N)cc1Nc1ncc(Cl)c(-c2cnn3ccccc23)n1. The molecule has 1 amide bonds. The molecule has 4 N–H and O–H groups in total. The summed E-state index contributed by atoms with van der Waals surface area (Å²) in [5.74, 6) is 1.13. The van der Waals surface area contributed by atoms with E-state index in [4.69, 9.17) is 26.8 Å². The zero-order valence-corrected chi connectivity index (χ0v) is 22.9. The number of nitrogens with zero attached hydrogens (tertiary/aromatic N) is 5. The monoisotopic (exact) mass is 551 g/mol. The first-order valence-corrected chi connectivity index (χ1v) is 12.8. The summed E-state index contributed by atoms with van der Waals surface area (Å²) >= 11 is 6.45. The number of ether oxygens (including phenoxy) is 2. The van der Waals surface area contributed by atoms with Gasteiger partial charge in [0, 0.05) is 23.4 Å². The second-order valence-electron chi connectivity index (χ2n) is 10.5. The second-order valence-corrected chi connectivity index (χ2v) is 10.9. The fourth-order valence-corrected chi connectivity index (χ4v) is 5.01. The molecule has 0 unspecified atom stereocenters. The van der Waals surface area contributed by atoms with Crippen molar-refractivity contribution in [1.82, 2.24) is 24.5 Å². The highest BCUT2D eigenvalue weighted by Gasteiger charge is 2.55. The van der Waals surface area contributed by atoms with E-state index >= 15 is 0 Å². The van der Waals surface area contributed by atoms with Crippen LogP contribution in [-0.2, 0) is 0 Å². The number of nitrogen functional groups attached to an aromatic ring is 1. The molecule has 11 nitrogen and oxygen atoms in total. The van der Waals surface area contributed by atoms with Gasteiger partial charge in [0.2, 0.25) is 5.95 Å². The van der Waals surface area contributed by atoms with E-state index in [0.717, 1.165) is 23.9 Å². The Morgan fingerprint density at radius 3 is 2.69 bits per heavy atom. The van der Waals surface area contributed by atoms with Gasteiger partial charge in [0.15, 0.2) is 0 Å². The molecule has 1 fully saturated rings. The maximum Gasteiger partial charge on any atom is 0.408 e. The van der Waals surface area contributed by atoms with Gasteiger partial charge < -0.3 is 25.6 Å². The number of fused-ring (bicyclic) bond motifs is 1. The fourth-order valence-electron chi connectivity index (χ4n) is 4.81. The van der Waals surface area contributed by atoms with Crippen LogP contribution in [0.2, 0.25) is 5.02 Å². The van der Waals surface area contributed by atoms with Crippen molar-refractivity contribution in [3.05, 3.63) is 53.9 Å². The van der Waals surface area contributed by atoms with Gasteiger partial charge in [-0.2, -0.15) is 5.10 Å². The summed E-state index contributed by atoms with van der Waals surface area (Å²) in [5.41, 5.74) is 8.21. The standard InChI is InChI=1S/C27H30ClN7O4/c1-26(2,3)35(25(36)37)27(8-9-27)15-39-21-12-22(38-4)19(11-18(21)29)32-24-30-14-17(28)23(33-24)16-13-31-34-10-6-5-7-20(16)34/h5-7,10-14H,8-9,15,29H2,1-4H3,(H,36,37)(H,30,32,33). The van der Waals surface area contributed by atoms with Crippen LogP contribution in [0.15, 0.2) is 48.9 Å². The third-order valence-electron chi connectivity index (χ3n) is 6.66. The molecule has 12 heteroatoms. The first-order chi connectivity index (χ1) is 18.5. The summed E-state index contributed by atoms with van der Waals surface area (Å²) in [6.07, 6.45) is 5.53. The molecule has 0 bridgehead atoms. The number of carboxylic acid groups (broad SMARTS) is 1. The molecular weight excluding hydrogens is 522 g/mol. The lowest BCUT2D eigenvalue weighted by molar-refractivity contribution is 0.0401. The number of amides is 1. The highest BCUT2D eigenvalue weighted by atomic mass is 35.5. The molecule has 204 valence electrons. The van der Waals surface area contributed by atoms with Crippen molar-refractivity contribution in [2.24, 2.45) is 0 Å². The average molecular weight is 552 g/mol. The normalized spacial score (nSPS) is 14.2. The van der Waals surface area contributed by atoms with Gasteiger partial charge in [-0.3, -0.25) is 4.90 Å². The summed E-state index contributed by atoms with van der Waals surface area (Å²) < 4.78 is 13.4. The highest BCUT2D eigenvalue weighted by molar-refractivity contribution is 6.33. The van der Waals surface area contributed by atoms with Crippen molar-refractivity contribution in [1.29, 1.82) is 0 Å². The number of nitrogens with two attached hydrogens (primary N) is 1. The van der Waals surface area contributed by atoms with E-state index in [1.165, 1.54) is 18.2 Å². The van der Waals surface area contributed by atoms with E-state index < -0.39 is 17.2 Å². The van der Waals surface area contributed by atoms with Crippen LogP contribution in [0.25, 0.3) is 16.8 Å². The van der Waals surface area contributed by atoms with Crippen molar-refractivity contribution in [3.63, 3.8) is 0 Å². The molecule has 0 aliphatic heterocycles. The lowest BCUT2D eigenvalue weighted by Gasteiger charge is -2.40. The molecular formula is C27H30ClN7O4. The van der Waals surface area contributed by atoms with Crippen molar-refractivity contribution >= 4 is 40.5 Å². The molecule has 0 radical (unpaired) electrons. The molecule has 1 aliphatic rings. The van der Waals surface area contributed by atoms with Gasteiger partial charge in [-0.1, -0.05) is 17.7 Å². The first-order valence-electron chi connectivity index (χ1n) is 12.4. The number of nitrogens with one attached hydrogen (secondary N) is 1. The van der Waals surface area contributed by atoms with Crippen LogP contribution in [0.5, 0.6) is 11.5 Å². The lowest BCUT2D eigenvalue weighted by Crippen LogP contribution is -2.55. The number of anilines is 3. The van der Waals surface area contributed by atoms with Gasteiger partial charge in [-0.05, 0) is 51.8 Å². The summed E-state index contributed by atoms with van der Waals surface area (Å²) in [6, 6.07) is 9.07. The molecule has 4 aromatic rings. The largest absolute Gasteiger partial charge is 0.494 e. The Kier molecular flexibility index (Phi) is 6.63. The molecule has 3 aromatic heterocycles. The van der Waals surface area contributed by atoms with Crippen LogP contribution in [-0.4, -0.2) is 60.5 Å². The van der Waals surface area contributed by atoms with Gasteiger partial charge in [0.25, 0.3) is 0 Å². The maximum atomic E-state index is 12.0. The number of benzene rings is 1. The maximum absolute atomic E-state index is 12.0. The van der Waals surface area contributed by atoms with Crippen LogP contribution in [0.1, 0.15) is 33.6 Å². The van der Waals surface area contributed by atoms with Gasteiger partial charge >= 0.3 is 6.09 Å². The minimum absolute atomic E-state index is 0.181.